The van der Waals surface area contributed by atoms with E-state index in [1.165, 1.54) is 5.56 Å². The van der Waals surface area contributed by atoms with Crippen LogP contribution < -0.4 is 5.32 Å². The second kappa shape index (κ2) is 9.03. The van der Waals surface area contributed by atoms with Crippen molar-refractivity contribution in [3.8, 4) is 0 Å². The SMILES string of the molecule is Cc1nnc(SCCCNC(=O)N(C)CCc2c(C)n[nH]c2C)s1. The molecule has 2 rings (SSSR count). The number of carbonyl (C=O) groups excluding carboxylic acids is 1. The highest BCUT2D eigenvalue weighted by atomic mass is 32.2. The number of aromatic amines is 1. The molecule has 2 amide bonds. The Balaban J connectivity index is 1.61. The molecule has 0 saturated heterocycles. The van der Waals surface area contributed by atoms with E-state index in [4.69, 9.17) is 0 Å². The van der Waals surface area contributed by atoms with Crippen molar-refractivity contribution in [3.63, 3.8) is 0 Å². The monoisotopic (exact) mass is 368 g/mol. The lowest BCUT2D eigenvalue weighted by Crippen LogP contribution is -2.39. The number of H-pyrrole nitrogens is 1. The second-order valence-electron chi connectivity index (χ2n) is 5.61. The number of carbonyl (C=O) groups is 1. The van der Waals surface area contributed by atoms with Gasteiger partial charge in [0.2, 0.25) is 0 Å². The highest BCUT2D eigenvalue weighted by Crippen LogP contribution is 2.21. The highest BCUT2D eigenvalue weighted by Gasteiger charge is 2.11. The first-order valence-electron chi connectivity index (χ1n) is 7.89. The average Bonchev–Trinajstić information content (AvgIpc) is 3.10. The van der Waals surface area contributed by atoms with E-state index < -0.39 is 0 Å². The van der Waals surface area contributed by atoms with Crippen LogP contribution in [0.1, 0.15) is 28.4 Å². The minimum Gasteiger partial charge on any atom is -0.338 e. The number of thioether (sulfide) groups is 1. The maximum Gasteiger partial charge on any atom is 0.317 e. The van der Waals surface area contributed by atoms with Gasteiger partial charge in [-0.05, 0) is 39.2 Å². The zero-order chi connectivity index (χ0) is 17.5. The number of nitrogens with one attached hydrogen (secondary N) is 2. The molecule has 2 aromatic heterocycles. The first-order valence-corrected chi connectivity index (χ1v) is 9.70. The zero-order valence-electron chi connectivity index (χ0n) is 14.5. The van der Waals surface area contributed by atoms with Gasteiger partial charge in [-0.2, -0.15) is 5.10 Å². The molecule has 0 aromatic carbocycles. The molecule has 7 nitrogen and oxygen atoms in total. The fourth-order valence-corrected chi connectivity index (χ4v) is 4.05. The van der Waals surface area contributed by atoms with Crippen molar-refractivity contribution in [1.29, 1.82) is 0 Å². The second-order valence-corrected chi connectivity index (χ2v) is 8.13. The van der Waals surface area contributed by atoms with Crippen molar-refractivity contribution in [1.82, 2.24) is 30.6 Å². The number of likely N-dealkylation sites (N-methyl/N-ethyl adjacent to an activating group) is 1. The van der Waals surface area contributed by atoms with Crippen molar-refractivity contribution in [2.75, 3.05) is 25.9 Å². The first-order chi connectivity index (χ1) is 11.5. The Morgan fingerprint density at radius 1 is 1.33 bits per heavy atom. The lowest BCUT2D eigenvalue weighted by atomic mass is 10.1. The van der Waals surface area contributed by atoms with Crippen molar-refractivity contribution >= 4 is 29.1 Å². The van der Waals surface area contributed by atoms with E-state index in [1.807, 2.05) is 27.8 Å². The van der Waals surface area contributed by atoms with Crippen LogP contribution in [0.4, 0.5) is 4.79 Å². The van der Waals surface area contributed by atoms with Crippen molar-refractivity contribution < 1.29 is 4.79 Å². The number of aryl methyl sites for hydroxylation is 3. The molecule has 0 bridgehead atoms. The molecule has 0 fully saturated rings. The molecule has 0 radical (unpaired) electrons. The van der Waals surface area contributed by atoms with Gasteiger partial charge in [0.1, 0.15) is 5.01 Å². The molecule has 2 N–H and O–H groups in total. The van der Waals surface area contributed by atoms with Crippen LogP contribution in [0.25, 0.3) is 0 Å². The largest absolute Gasteiger partial charge is 0.338 e. The fourth-order valence-electron chi connectivity index (χ4n) is 2.22. The number of nitrogens with zero attached hydrogens (tertiary/aromatic N) is 4. The standard InChI is InChI=1S/C15H24N6OS2/c1-10-13(11(2)18-17-10)6-8-21(4)14(22)16-7-5-9-23-15-20-19-12(3)24-15/h5-9H2,1-4H3,(H,16,22)(H,17,18). The smallest absolute Gasteiger partial charge is 0.317 e. The third-order valence-corrected chi connectivity index (χ3v) is 5.71. The van der Waals surface area contributed by atoms with E-state index in [0.717, 1.165) is 39.3 Å². The van der Waals surface area contributed by atoms with Gasteiger partial charge in [0.15, 0.2) is 4.34 Å². The molecule has 0 aliphatic carbocycles. The Morgan fingerprint density at radius 2 is 2.12 bits per heavy atom. The molecule has 0 aliphatic heterocycles. The van der Waals surface area contributed by atoms with Crippen LogP contribution in [0.3, 0.4) is 0 Å². The minimum absolute atomic E-state index is 0.0365. The number of amides is 2. The number of hydrogen-bond donors (Lipinski definition) is 2. The summed E-state index contributed by atoms with van der Waals surface area (Å²) in [7, 11) is 1.82. The molecule has 9 heteroatoms. The molecular weight excluding hydrogens is 344 g/mol. The first kappa shape index (κ1) is 18.7. The zero-order valence-corrected chi connectivity index (χ0v) is 16.2. The quantitative estimate of drug-likeness (QED) is 0.552. The summed E-state index contributed by atoms with van der Waals surface area (Å²) in [6.45, 7) is 7.27. The van der Waals surface area contributed by atoms with Crippen LogP contribution in [-0.4, -0.2) is 57.2 Å². The maximum atomic E-state index is 12.1. The number of rotatable bonds is 8. The van der Waals surface area contributed by atoms with Crippen molar-refractivity contribution in [3.05, 3.63) is 22.0 Å². The van der Waals surface area contributed by atoms with E-state index in [0.29, 0.717) is 13.1 Å². The van der Waals surface area contributed by atoms with Crippen molar-refractivity contribution in [2.24, 2.45) is 0 Å². The van der Waals surface area contributed by atoms with Crippen LogP contribution >= 0.6 is 23.1 Å². The molecular formula is C15H24N6OS2. The predicted octanol–water partition coefficient (Wildman–Crippen LogP) is 2.55. The Hall–Kier alpha value is -1.61. The van der Waals surface area contributed by atoms with E-state index in [-0.39, 0.29) is 6.03 Å². The summed E-state index contributed by atoms with van der Waals surface area (Å²) in [6.07, 6.45) is 1.72. The van der Waals surface area contributed by atoms with Gasteiger partial charge in [-0.25, -0.2) is 4.79 Å². The topological polar surface area (TPSA) is 86.8 Å². The summed E-state index contributed by atoms with van der Waals surface area (Å²) < 4.78 is 0.988. The van der Waals surface area contributed by atoms with E-state index in [1.54, 1.807) is 28.0 Å². The molecule has 0 atom stereocenters. The highest BCUT2D eigenvalue weighted by molar-refractivity contribution is 8.01. The molecule has 2 aromatic rings. The molecule has 2 heterocycles. The fraction of sp³-hybridized carbons (Fsp3) is 0.600. The van der Waals surface area contributed by atoms with Crippen LogP contribution in [0.2, 0.25) is 0 Å². The number of urea groups is 1. The van der Waals surface area contributed by atoms with Gasteiger partial charge in [0.25, 0.3) is 0 Å². The number of hydrogen-bond acceptors (Lipinski definition) is 6. The lowest BCUT2D eigenvalue weighted by Gasteiger charge is -2.18. The normalized spacial score (nSPS) is 10.8. The molecule has 0 unspecified atom stereocenters. The summed E-state index contributed by atoms with van der Waals surface area (Å²) >= 11 is 3.28. The van der Waals surface area contributed by atoms with Gasteiger partial charge in [0, 0.05) is 31.6 Å². The van der Waals surface area contributed by atoms with Crippen LogP contribution in [0.15, 0.2) is 4.34 Å². The third kappa shape index (κ3) is 5.48. The molecule has 0 aliphatic rings. The third-order valence-electron chi connectivity index (χ3n) is 3.65. The van der Waals surface area contributed by atoms with Gasteiger partial charge >= 0.3 is 6.03 Å². The molecule has 24 heavy (non-hydrogen) atoms. The van der Waals surface area contributed by atoms with Gasteiger partial charge in [-0.1, -0.05) is 23.1 Å². The van der Waals surface area contributed by atoms with E-state index >= 15 is 0 Å². The summed E-state index contributed by atoms with van der Waals surface area (Å²) in [5.74, 6) is 0.923. The summed E-state index contributed by atoms with van der Waals surface area (Å²) in [4.78, 5) is 13.8. The Bertz CT molecular complexity index is 649. The van der Waals surface area contributed by atoms with Gasteiger partial charge in [-0.3, -0.25) is 5.10 Å². The minimum atomic E-state index is -0.0365. The van der Waals surface area contributed by atoms with Crippen LogP contribution in [0.5, 0.6) is 0 Å². The van der Waals surface area contributed by atoms with Gasteiger partial charge in [-0.15, -0.1) is 10.2 Å². The van der Waals surface area contributed by atoms with Gasteiger partial charge in [0.05, 0.1) is 5.69 Å². The lowest BCUT2D eigenvalue weighted by molar-refractivity contribution is 0.209. The number of aromatic nitrogens is 4. The van der Waals surface area contributed by atoms with E-state index in [9.17, 15) is 4.79 Å². The summed E-state index contributed by atoms with van der Waals surface area (Å²) in [6, 6.07) is -0.0365. The summed E-state index contributed by atoms with van der Waals surface area (Å²) in [5.41, 5.74) is 3.27. The molecule has 0 spiro atoms. The Morgan fingerprint density at radius 3 is 2.75 bits per heavy atom. The van der Waals surface area contributed by atoms with Crippen LogP contribution in [-0.2, 0) is 6.42 Å². The van der Waals surface area contributed by atoms with Gasteiger partial charge < -0.3 is 10.2 Å². The molecule has 0 saturated carbocycles. The Labute approximate surface area is 150 Å². The average molecular weight is 369 g/mol. The van der Waals surface area contributed by atoms with Crippen LogP contribution in [0, 0.1) is 20.8 Å². The Kier molecular flexibility index (Phi) is 7.04. The predicted molar refractivity (Wildman–Crippen MR) is 97.8 cm³/mol. The van der Waals surface area contributed by atoms with Crippen molar-refractivity contribution in [2.45, 2.75) is 38.0 Å². The molecule has 132 valence electrons. The summed E-state index contributed by atoms with van der Waals surface area (Å²) in [5, 5.41) is 19.1. The van der Waals surface area contributed by atoms with E-state index in [2.05, 4.69) is 25.7 Å². The maximum absolute atomic E-state index is 12.1.